The first-order chi connectivity index (χ1) is 10.3. The fraction of sp³-hybridized carbons (Fsp3) is 0.118. The molecule has 0 aliphatic carbocycles. The molecule has 0 bridgehead atoms. The third-order valence-electron chi connectivity index (χ3n) is 3.35. The van der Waals surface area contributed by atoms with E-state index in [0.29, 0.717) is 11.3 Å². The second-order valence-electron chi connectivity index (χ2n) is 4.63. The summed E-state index contributed by atoms with van der Waals surface area (Å²) in [4.78, 5) is 22.9. The van der Waals surface area contributed by atoms with Crippen molar-refractivity contribution in [1.29, 1.82) is 0 Å². The first kappa shape index (κ1) is 13.4. The van der Waals surface area contributed by atoms with Gasteiger partial charge in [0.1, 0.15) is 0 Å². The van der Waals surface area contributed by atoms with Crippen LogP contribution in [0, 0.1) is 0 Å². The van der Waals surface area contributed by atoms with Gasteiger partial charge in [-0.05, 0) is 0 Å². The fourth-order valence-corrected chi connectivity index (χ4v) is 2.26. The van der Waals surface area contributed by atoms with Gasteiger partial charge < -0.3 is 9.62 Å². The molecular formula is C17H14O4. The van der Waals surface area contributed by atoms with Gasteiger partial charge in [0.25, 0.3) is 5.60 Å². The predicted octanol–water partition coefficient (Wildman–Crippen LogP) is 3.06. The lowest BCUT2D eigenvalue weighted by Crippen LogP contribution is -2.35. The zero-order valence-corrected chi connectivity index (χ0v) is 11.5. The number of carbonyl (C=O) groups excluding carboxylic acids is 1. The Morgan fingerprint density at radius 3 is 2.24 bits per heavy atom. The molecule has 0 spiro atoms. The predicted molar refractivity (Wildman–Crippen MR) is 76.7 cm³/mol. The van der Waals surface area contributed by atoms with Gasteiger partial charge in [0.2, 0.25) is 0 Å². The molecule has 2 aromatic rings. The monoisotopic (exact) mass is 282 g/mol. The zero-order chi connectivity index (χ0) is 14.7. The number of esters is 1. The molecule has 4 nitrogen and oxygen atoms in total. The van der Waals surface area contributed by atoms with Gasteiger partial charge >= 0.3 is 5.97 Å². The number of carbonyl (C=O) groups is 1. The van der Waals surface area contributed by atoms with Gasteiger partial charge in [-0.15, -0.1) is 0 Å². The highest BCUT2D eigenvalue weighted by Crippen LogP contribution is 2.39. The number of methoxy groups -OCH3 is 1. The van der Waals surface area contributed by atoms with Crippen LogP contribution in [0.3, 0.4) is 0 Å². The van der Waals surface area contributed by atoms with Crippen molar-refractivity contribution in [3.63, 3.8) is 0 Å². The lowest BCUT2D eigenvalue weighted by atomic mass is 9.92. The summed E-state index contributed by atoms with van der Waals surface area (Å²) in [6, 6.07) is 18.6. The lowest BCUT2D eigenvalue weighted by molar-refractivity contribution is -0.284. The molecule has 0 aromatic heterocycles. The summed E-state index contributed by atoms with van der Waals surface area (Å²) in [5.74, 6) is -0.0375. The minimum atomic E-state index is -1.37. The fourth-order valence-electron chi connectivity index (χ4n) is 2.26. The summed E-state index contributed by atoms with van der Waals surface area (Å²) in [6.45, 7) is 0. The van der Waals surface area contributed by atoms with Crippen LogP contribution < -0.4 is 0 Å². The molecule has 1 aliphatic heterocycles. The highest BCUT2D eigenvalue weighted by molar-refractivity contribution is 5.87. The quantitative estimate of drug-likeness (QED) is 0.641. The molecule has 0 saturated carbocycles. The van der Waals surface area contributed by atoms with Gasteiger partial charge in [-0.1, -0.05) is 60.7 Å². The number of hydrogen-bond donors (Lipinski definition) is 0. The van der Waals surface area contributed by atoms with Gasteiger partial charge in [-0.3, -0.25) is 0 Å². The minimum Gasteiger partial charge on any atom is -0.466 e. The molecule has 0 radical (unpaired) electrons. The average molecular weight is 282 g/mol. The Morgan fingerprint density at radius 1 is 1.00 bits per heavy atom. The van der Waals surface area contributed by atoms with E-state index in [2.05, 4.69) is 0 Å². The van der Waals surface area contributed by atoms with Crippen molar-refractivity contribution in [2.45, 2.75) is 5.60 Å². The van der Waals surface area contributed by atoms with Crippen LogP contribution in [0.15, 0.2) is 66.7 Å². The van der Waals surface area contributed by atoms with E-state index >= 15 is 0 Å². The average Bonchev–Trinajstić information content (AvgIpc) is 3.02. The normalized spacial score (nSPS) is 20.5. The highest BCUT2D eigenvalue weighted by atomic mass is 17.2. The molecule has 106 valence electrons. The van der Waals surface area contributed by atoms with Gasteiger partial charge in [0, 0.05) is 17.2 Å². The summed E-state index contributed by atoms with van der Waals surface area (Å²) in [5, 5.41) is 0. The molecule has 1 aliphatic rings. The summed E-state index contributed by atoms with van der Waals surface area (Å²) in [6.07, 6.45) is 1.64. The van der Waals surface area contributed by atoms with Crippen LogP contribution in [0.5, 0.6) is 0 Å². The van der Waals surface area contributed by atoms with Crippen molar-refractivity contribution in [2.75, 3.05) is 7.11 Å². The van der Waals surface area contributed by atoms with E-state index in [4.69, 9.17) is 14.5 Å². The van der Waals surface area contributed by atoms with Crippen molar-refractivity contribution < 1.29 is 19.3 Å². The largest absolute Gasteiger partial charge is 0.466 e. The molecule has 1 atom stereocenters. The first-order valence-corrected chi connectivity index (χ1v) is 6.54. The van der Waals surface area contributed by atoms with Crippen molar-refractivity contribution in [3.8, 4) is 0 Å². The minimum absolute atomic E-state index is 0.491. The van der Waals surface area contributed by atoms with Crippen LogP contribution in [0.4, 0.5) is 0 Å². The molecular weight excluding hydrogens is 268 g/mol. The van der Waals surface area contributed by atoms with Crippen LogP contribution in [-0.2, 0) is 24.9 Å². The Hall–Kier alpha value is -2.59. The molecule has 1 unspecified atom stereocenters. The maximum Gasteiger partial charge on any atom is 0.351 e. The molecule has 3 rings (SSSR count). The van der Waals surface area contributed by atoms with Crippen LogP contribution in [-0.4, -0.2) is 13.1 Å². The topological polar surface area (TPSA) is 44.8 Å². The maximum atomic E-state index is 12.2. The second kappa shape index (κ2) is 5.42. The van der Waals surface area contributed by atoms with E-state index in [1.807, 2.05) is 48.5 Å². The zero-order valence-electron chi connectivity index (χ0n) is 11.5. The van der Waals surface area contributed by atoms with E-state index in [0.717, 1.165) is 5.56 Å². The number of benzene rings is 2. The van der Waals surface area contributed by atoms with Crippen molar-refractivity contribution >= 4 is 11.7 Å². The van der Waals surface area contributed by atoms with E-state index in [-0.39, 0.29) is 0 Å². The number of rotatable bonds is 3. The van der Waals surface area contributed by atoms with E-state index in [1.54, 1.807) is 18.2 Å². The third-order valence-corrected chi connectivity index (χ3v) is 3.35. The van der Waals surface area contributed by atoms with Crippen LogP contribution >= 0.6 is 0 Å². The smallest absolute Gasteiger partial charge is 0.351 e. The molecule has 0 N–H and O–H groups in total. The Morgan fingerprint density at radius 2 is 1.62 bits per heavy atom. The molecule has 0 fully saturated rings. The number of hydrogen-bond acceptors (Lipinski definition) is 4. The van der Waals surface area contributed by atoms with E-state index in [1.165, 1.54) is 7.11 Å². The lowest BCUT2D eigenvalue weighted by Gasteiger charge is -2.20. The third kappa shape index (κ3) is 2.30. The van der Waals surface area contributed by atoms with E-state index in [9.17, 15) is 4.79 Å². The van der Waals surface area contributed by atoms with E-state index < -0.39 is 11.6 Å². The molecule has 21 heavy (non-hydrogen) atoms. The molecule has 0 amide bonds. The summed E-state index contributed by atoms with van der Waals surface area (Å²) in [7, 11) is 1.32. The van der Waals surface area contributed by atoms with Crippen molar-refractivity contribution in [2.24, 2.45) is 0 Å². The number of ether oxygens (including phenoxy) is 1. The van der Waals surface area contributed by atoms with Crippen LogP contribution in [0.2, 0.25) is 0 Å². The van der Waals surface area contributed by atoms with Gasteiger partial charge in [0.05, 0.1) is 7.11 Å². The van der Waals surface area contributed by atoms with Crippen LogP contribution in [0.25, 0.3) is 5.76 Å². The Labute approximate surface area is 122 Å². The standard InChI is InChI=1S/C17H14O4/c1-19-16(18)17(14-10-6-3-7-11-14)12-15(20-21-17)13-8-4-2-5-9-13/h2-12H,1H3. The first-order valence-electron chi connectivity index (χ1n) is 6.54. The second-order valence-corrected chi connectivity index (χ2v) is 4.63. The summed E-state index contributed by atoms with van der Waals surface area (Å²) in [5.41, 5.74) is 0.114. The Bertz CT molecular complexity index is 664. The molecule has 1 heterocycles. The van der Waals surface area contributed by atoms with Crippen molar-refractivity contribution in [3.05, 3.63) is 77.9 Å². The Kier molecular flexibility index (Phi) is 3.46. The summed E-state index contributed by atoms with van der Waals surface area (Å²) >= 11 is 0. The highest BCUT2D eigenvalue weighted by Gasteiger charge is 2.48. The molecule has 4 heteroatoms. The molecule has 0 saturated heterocycles. The van der Waals surface area contributed by atoms with Gasteiger partial charge in [-0.2, -0.15) is 4.89 Å². The van der Waals surface area contributed by atoms with Gasteiger partial charge in [0.15, 0.2) is 5.76 Å². The van der Waals surface area contributed by atoms with Gasteiger partial charge in [-0.25, -0.2) is 4.79 Å². The van der Waals surface area contributed by atoms with Crippen LogP contribution in [0.1, 0.15) is 11.1 Å². The van der Waals surface area contributed by atoms with Crippen molar-refractivity contribution in [1.82, 2.24) is 0 Å². The summed E-state index contributed by atoms with van der Waals surface area (Å²) < 4.78 is 4.89. The Balaban J connectivity index is 2.08. The SMILES string of the molecule is COC(=O)C1(c2ccccc2)C=C(c2ccccc2)OO1. The maximum absolute atomic E-state index is 12.2. The molecule has 2 aromatic carbocycles.